The quantitative estimate of drug-likeness (QED) is 0.356. The molecule has 1 aliphatic carbocycles. The van der Waals surface area contributed by atoms with E-state index in [1.807, 2.05) is 0 Å². The van der Waals surface area contributed by atoms with Crippen molar-refractivity contribution >= 4 is 0 Å². The Bertz CT molecular complexity index is 753. The molecule has 0 unspecified atom stereocenters. The van der Waals surface area contributed by atoms with Crippen molar-refractivity contribution < 1.29 is 17.6 Å². The van der Waals surface area contributed by atoms with Gasteiger partial charge in [0.1, 0.15) is 11.6 Å². The van der Waals surface area contributed by atoms with Gasteiger partial charge in [0.05, 0.1) is 5.56 Å². The first-order chi connectivity index (χ1) is 13.0. The second kappa shape index (κ2) is 8.90. The molecule has 0 aromatic heterocycles. The van der Waals surface area contributed by atoms with E-state index in [1.54, 1.807) is 0 Å². The minimum absolute atomic E-state index is 0.00934. The van der Waals surface area contributed by atoms with Crippen molar-refractivity contribution in [2.75, 3.05) is 0 Å². The minimum Gasteiger partial charge on any atom is -0.206 e. The van der Waals surface area contributed by atoms with E-state index in [4.69, 9.17) is 0 Å². The van der Waals surface area contributed by atoms with Gasteiger partial charge in [-0.15, -0.1) is 0 Å². The van der Waals surface area contributed by atoms with E-state index in [2.05, 4.69) is 6.92 Å². The Balaban J connectivity index is 1.73. The van der Waals surface area contributed by atoms with Gasteiger partial charge in [0.25, 0.3) is 0 Å². The van der Waals surface area contributed by atoms with Crippen LogP contribution in [0.2, 0.25) is 0 Å². The molecule has 0 aliphatic heterocycles. The largest absolute Gasteiger partial charge is 0.206 e. The molecule has 2 aromatic carbocycles. The summed E-state index contributed by atoms with van der Waals surface area (Å²) in [6.07, 6.45) is 9.09. The second-order valence-corrected chi connectivity index (χ2v) is 7.70. The highest BCUT2D eigenvalue weighted by Gasteiger charge is 2.24. The summed E-state index contributed by atoms with van der Waals surface area (Å²) in [6.45, 7) is 2.20. The van der Waals surface area contributed by atoms with Crippen LogP contribution in [0.25, 0.3) is 11.1 Å². The van der Waals surface area contributed by atoms with E-state index >= 15 is 0 Å². The molecule has 27 heavy (non-hydrogen) atoms. The Morgan fingerprint density at radius 1 is 0.778 bits per heavy atom. The summed E-state index contributed by atoms with van der Waals surface area (Å²) < 4.78 is 55.7. The lowest BCUT2D eigenvalue weighted by atomic mass is 9.77. The van der Waals surface area contributed by atoms with Crippen molar-refractivity contribution in [3.05, 3.63) is 59.2 Å². The number of hydrogen-bond acceptors (Lipinski definition) is 0. The van der Waals surface area contributed by atoms with Crippen molar-refractivity contribution in [1.82, 2.24) is 0 Å². The molecular weight excluding hydrogens is 352 g/mol. The van der Waals surface area contributed by atoms with Crippen LogP contribution in [0.3, 0.4) is 0 Å². The Morgan fingerprint density at radius 2 is 1.44 bits per heavy atom. The maximum Gasteiger partial charge on any atom is 0.159 e. The fraction of sp³-hybridized carbons (Fsp3) is 0.478. The molecule has 0 radical (unpaired) electrons. The molecule has 146 valence electrons. The SMILES string of the molecule is CCCCCC1CCC(c2cc(F)c(-c3ccc(F)c(F)c3)c(F)c2)CC1. The van der Waals surface area contributed by atoms with Crippen LogP contribution in [0.4, 0.5) is 17.6 Å². The third-order valence-electron chi connectivity index (χ3n) is 5.81. The zero-order chi connectivity index (χ0) is 19.4. The topological polar surface area (TPSA) is 0 Å². The first kappa shape index (κ1) is 19.9. The van der Waals surface area contributed by atoms with Crippen LogP contribution < -0.4 is 0 Å². The van der Waals surface area contributed by atoms with E-state index in [1.165, 1.54) is 43.9 Å². The van der Waals surface area contributed by atoms with E-state index in [0.29, 0.717) is 5.56 Å². The van der Waals surface area contributed by atoms with Crippen molar-refractivity contribution in [2.24, 2.45) is 5.92 Å². The number of hydrogen-bond donors (Lipinski definition) is 0. The molecule has 0 saturated heterocycles. The molecule has 0 bridgehead atoms. The van der Waals surface area contributed by atoms with Gasteiger partial charge >= 0.3 is 0 Å². The van der Waals surface area contributed by atoms with E-state index in [-0.39, 0.29) is 17.0 Å². The van der Waals surface area contributed by atoms with Crippen molar-refractivity contribution in [1.29, 1.82) is 0 Å². The highest BCUT2D eigenvalue weighted by atomic mass is 19.2. The van der Waals surface area contributed by atoms with Crippen LogP contribution in [-0.2, 0) is 0 Å². The van der Waals surface area contributed by atoms with Gasteiger partial charge < -0.3 is 0 Å². The second-order valence-electron chi connectivity index (χ2n) is 7.70. The molecule has 0 N–H and O–H groups in total. The molecule has 3 rings (SSSR count). The highest BCUT2D eigenvalue weighted by Crippen LogP contribution is 2.39. The zero-order valence-electron chi connectivity index (χ0n) is 15.7. The molecule has 0 spiro atoms. The molecule has 1 saturated carbocycles. The van der Waals surface area contributed by atoms with Gasteiger partial charge in [-0.2, -0.15) is 0 Å². The van der Waals surface area contributed by atoms with Gasteiger partial charge in [0, 0.05) is 0 Å². The maximum absolute atomic E-state index is 14.6. The lowest BCUT2D eigenvalue weighted by Crippen LogP contribution is -2.14. The lowest BCUT2D eigenvalue weighted by Gasteiger charge is -2.29. The van der Waals surface area contributed by atoms with Gasteiger partial charge in [0.15, 0.2) is 11.6 Å². The molecule has 1 fully saturated rings. The third kappa shape index (κ3) is 4.72. The average Bonchev–Trinajstić information content (AvgIpc) is 2.65. The van der Waals surface area contributed by atoms with Crippen LogP contribution >= 0.6 is 0 Å². The fourth-order valence-corrected chi connectivity index (χ4v) is 4.22. The first-order valence-corrected chi connectivity index (χ1v) is 9.94. The number of benzene rings is 2. The van der Waals surface area contributed by atoms with E-state index < -0.39 is 23.3 Å². The Morgan fingerprint density at radius 3 is 2.04 bits per heavy atom. The lowest BCUT2D eigenvalue weighted by molar-refractivity contribution is 0.302. The molecule has 2 aromatic rings. The number of unbranched alkanes of at least 4 members (excludes halogenated alkanes) is 2. The van der Waals surface area contributed by atoms with Crippen LogP contribution in [0, 0.1) is 29.2 Å². The average molecular weight is 378 g/mol. The summed E-state index contributed by atoms with van der Waals surface area (Å²) in [7, 11) is 0. The van der Waals surface area contributed by atoms with E-state index in [9.17, 15) is 17.6 Å². The zero-order valence-corrected chi connectivity index (χ0v) is 15.7. The van der Waals surface area contributed by atoms with Crippen molar-refractivity contribution in [3.8, 4) is 11.1 Å². The van der Waals surface area contributed by atoms with Crippen LogP contribution in [0.5, 0.6) is 0 Å². The Hall–Kier alpha value is -1.84. The summed E-state index contributed by atoms with van der Waals surface area (Å²) in [5.74, 6) is -2.70. The van der Waals surface area contributed by atoms with Gasteiger partial charge in [-0.05, 0) is 72.9 Å². The third-order valence-corrected chi connectivity index (χ3v) is 5.81. The summed E-state index contributed by atoms with van der Waals surface area (Å²) in [5, 5.41) is 0. The molecule has 0 nitrogen and oxygen atoms in total. The molecular formula is C23H26F4. The molecule has 0 heterocycles. The number of halogens is 4. The monoisotopic (exact) mass is 378 g/mol. The van der Waals surface area contributed by atoms with Gasteiger partial charge in [-0.1, -0.05) is 38.7 Å². The Labute approximate surface area is 158 Å². The molecule has 0 atom stereocenters. The summed E-state index contributed by atoms with van der Waals surface area (Å²) in [4.78, 5) is 0. The van der Waals surface area contributed by atoms with Crippen LogP contribution in [0.1, 0.15) is 69.8 Å². The smallest absolute Gasteiger partial charge is 0.159 e. The normalized spacial score (nSPS) is 20.0. The van der Waals surface area contributed by atoms with Gasteiger partial charge in [-0.3, -0.25) is 0 Å². The molecule has 0 amide bonds. The van der Waals surface area contributed by atoms with Gasteiger partial charge in [0.2, 0.25) is 0 Å². The van der Waals surface area contributed by atoms with Gasteiger partial charge in [-0.25, -0.2) is 17.6 Å². The highest BCUT2D eigenvalue weighted by molar-refractivity contribution is 5.65. The maximum atomic E-state index is 14.6. The first-order valence-electron chi connectivity index (χ1n) is 9.94. The number of rotatable bonds is 6. The molecule has 1 aliphatic rings. The Kier molecular flexibility index (Phi) is 6.56. The van der Waals surface area contributed by atoms with Crippen molar-refractivity contribution in [3.63, 3.8) is 0 Å². The predicted octanol–water partition coefficient (Wildman–Crippen LogP) is 7.76. The predicted molar refractivity (Wildman–Crippen MR) is 101 cm³/mol. The minimum atomic E-state index is -1.11. The molecule has 4 heteroatoms. The van der Waals surface area contributed by atoms with Crippen LogP contribution in [-0.4, -0.2) is 0 Å². The summed E-state index contributed by atoms with van der Waals surface area (Å²) in [6, 6.07) is 5.64. The standard InChI is InChI=1S/C23H26F4/c1-2-3-4-5-15-6-8-16(9-7-15)18-13-21(26)23(22(27)14-18)17-10-11-19(24)20(25)12-17/h10-16H,2-9H2,1H3. The fourth-order valence-electron chi connectivity index (χ4n) is 4.22. The van der Waals surface area contributed by atoms with E-state index in [0.717, 1.165) is 43.7 Å². The van der Waals surface area contributed by atoms with Crippen molar-refractivity contribution in [2.45, 2.75) is 64.2 Å². The summed E-state index contributed by atoms with van der Waals surface area (Å²) in [5.41, 5.74) is 0.379. The van der Waals surface area contributed by atoms with Crippen LogP contribution in [0.15, 0.2) is 30.3 Å². The summed E-state index contributed by atoms with van der Waals surface area (Å²) >= 11 is 0.